The summed E-state index contributed by atoms with van der Waals surface area (Å²) in [7, 11) is 0. The van der Waals surface area contributed by atoms with E-state index in [0.29, 0.717) is 18.7 Å². The molecule has 2 rings (SSSR count). The predicted molar refractivity (Wildman–Crippen MR) is 75.8 cm³/mol. The summed E-state index contributed by atoms with van der Waals surface area (Å²) in [5, 5.41) is 7.11. The Bertz CT molecular complexity index is 589. The molecule has 1 aromatic heterocycles. The van der Waals surface area contributed by atoms with E-state index in [9.17, 15) is 4.79 Å². The molecule has 1 amide bonds. The van der Waals surface area contributed by atoms with Gasteiger partial charge in [0.1, 0.15) is 0 Å². The monoisotopic (exact) mass is 258 g/mol. The summed E-state index contributed by atoms with van der Waals surface area (Å²) in [4.78, 5) is 11.9. The smallest absolute Gasteiger partial charge is 0.226 e. The average Bonchev–Trinajstić information content (AvgIpc) is 2.77. The van der Waals surface area contributed by atoms with Crippen LogP contribution < -0.4 is 11.1 Å². The highest BCUT2D eigenvalue weighted by atomic mass is 16.1. The molecule has 100 valence electrons. The van der Waals surface area contributed by atoms with Gasteiger partial charge in [0.25, 0.3) is 0 Å². The molecule has 0 unspecified atom stereocenters. The molecule has 0 saturated heterocycles. The number of hydrogen-bond donors (Lipinski definition) is 2. The molecule has 0 aliphatic heterocycles. The maximum absolute atomic E-state index is 11.9. The van der Waals surface area contributed by atoms with E-state index in [0.717, 1.165) is 16.9 Å². The summed E-state index contributed by atoms with van der Waals surface area (Å²) in [5.41, 5.74) is 9.06. The number of anilines is 2. The Morgan fingerprint density at radius 1 is 1.37 bits per heavy atom. The quantitative estimate of drug-likeness (QED) is 0.825. The lowest BCUT2D eigenvalue weighted by atomic mass is 10.2. The zero-order valence-electron chi connectivity index (χ0n) is 11.2. The number of rotatable bonds is 4. The molecule has 0 saturated carbocycles. The molecule has 19 heavy (non-hydrogen) atoms. The third-order valence-corrected chi connectivity index (χ3v) is 2.88. The summed E-state index contributed by atoms with van der Waals surface area (Å²) in [5.74, 6) is -0.0400. The second-order valence-electron chi connectivity index (χ2n) is 4.59. The standard InChI is InChI=1S/C14H18N4O/c1-10-3-4-12(15)9-13(10)16-14(19)6-8-18-7-5-11(2)17-18/h3-5,7,9H,6,8,15H2,1-2H3,(H,16,19). The van der Waals surface area contributed by atoms with Gasteiger partial charge in [-0.1, -0.05) is 6.07 Å². The molecule has 0 fully saturated rings. The second kappa shape index (κ2) is 5.56. The van der Waals surface area contributed by atoms with Crippen LogP contribution in [-0.4, -0.2) is 15.7 Å². The molecule has 0 aliphatic carbocycles. The lowest BCUT2D eigenvalue weighted by Gasteiger charge is -2.09. The minimum Gasteiger partial charge on any atom is -0.399 e. The fourth-order valence-electron chi connectivity index (χ4n) is 1.79. The summed E-state index contributed by atoms with van der Waals surface area (Å²) >= 11 is 0. The second-order valence-corrected chi connectivity index (χ2v) is 4.59. The fraction of sp³-hybridized carbons (Fsp3) is 0.286. The highest BCUT2D eigenvalue weighted by Crippen LogP contribution is 2.18. The number of hydrogen-bond acceptors (Lipinski definition) is 3. The van der Waals surface area contributed by atoms with E-state index in [1.165, 1.54) is 0 Å². The topological polar surface area (TPSA) is 72.9 Å². The molecule has 1 heterocycles. The molecule has 2 aromatic rings. The molecule has 5 heteroatoms. The first-order chi connectivity index (χ1) is 9.04. The zero-order valence-corrected chi connectivity index (χ0v) is 11.2. The van der Waals surface area contributed by atoms with Crippen molar-refractivity contribution in [2.75, 3.05) is 11.1 Å². The number of amides is 1. The van der Waals surface area contributed by atoms with Crippen molar-refractivity contribution in [1.29, 1.82) is 0 Å². The zero-order chi connectivity index (χ0) is 13.8. The van der Waals surface area contributed by atoms with Gasteiger partial charge in [-0.2, -0.15) is 5.10 Å². The number of aromatic nitrogens is 2. The van der Waals surface area contributed by atoms with Crippen LogP contribution >= 0.6 is 0 Å². The van der Waals surface area contributed by atoms with Crippen molar-refractivity contribution in [3.63, 3.8) is 0 Å². The molecule has 0 radical (unpaired) electrons. The van der Waals surface area contributed by atoms with E-state index in [1.807, 2.05) is 38.2 Å². The van der Waals surface area contributed by atoms with E-state index in [-0.39, 0.29) is 5.91 Å². The van der Waals surface area contributed by atoms with Crippen LogP contribution in [0.15, 0.2) is 30.5 Å². The molecule has 5 nitrogen and oxygen atoms in total. The molecule has 3 N–H and O–H groups in total. The van der Waals surface area contributed by atoms with E-state index in [4.69, 9.17) is 5.73 Å². The first-order valence-corrected chi connectivity index (χ1v) is 6.20. The minimum atomic E-state index is -0.0400. The van der Waals surface area contributed by atoms with Gasteiger partial charge < -0.3 is 11.1 Å². The highest BCUT2D eigenvalue weighted by Gasteiger charge is 2.06. The number of nitrogen functional groups attached to an aromatic ring is 1. The van der Waals surface area contributed by atoms with Crippen molar-refractivity contribution in [2.24, 2.45) is 0 Å². The van der Waals surface area contributed by atoms with Crippen LogP contribution in [0.1, 0.15) is 17.7 Å². The molecule has 0 atom stereocenters. The Morgan fingerprint density at radius 2 is 2.16 bits per heavy atom. The van der Waals surface area contributed by atoms with Crippen LogP contribution in [0.25, 0.3) is 0 Å². The van der Waals surface area contributed by atoms with Gasteiger partial charge in [0.2, 0.25) is 5.91 Å². The van der Waals surface area contributed by atoms with Gasteiger partial charge in [0, 0.05) is 30.5 Å². The minimum absolute atomic E-state index is 0.0400. The largest absolute Gasteiger partial charge is 0.399 e. The van der Waals surface area contributed by atoms with Crippen molar-refractivity contribution in [2.45, 2.75) is 26.8 Å². The van der Waals surface area contributed by atoms with Gasteiger partial charge in [-0.3, -0.25) is 9.48 Å². The van der Waals surface area contributed by atoms with E-state index >= 15 is 0 Å². The number of nitrogens with one attached hydrogen (secondary N) is 1. The number of aryl methyl sites for hydroxylation is 3. The maximum Gasteiger partial charge on any atom is 0.226 e. The van der Waals surface area contributed by atoms with Crippen LogP contribution in [0.4, 0.5) is 11.4 Å². The Kier molecular flexibility index (Phi) is 3.85. The van der Waals surface area contributed by atoms with Crippen LogP contribution in [-0.2, 0) is 11.3 Å². The highest BCUT2D eigenvalue weighted by molar-refractivity contribution is 5.91. The number of carbonyl (C=O) groups is 1. The summed E-state index contributed by atoms with van der Waals surface area (Å²) in [6.45, 7) is 4.43. The third-order valence-electron chi connectivity index (χ3n) is 2.88. The first kappa shape index (κ1) is 13.1. The van der Waals surface area contributed by atoms with Gasteiger partial charge in [-0.05, 0) is 37.6 Å². The first-order valence-electron chi connectivity index (χ1n) is 6.20. The predicted octanol–water partition coefficient (Wildman–Crippen LogP) is 2.11. The van der Waals surface area contributed by atoms with Gasteiger partial charge in [-0.25, -0.2) is 0 Å². The Morgan fingerprint density at radius 3 is 2.84 bits per heavy atom. The third kappa shape index (κ3) is 3.58. The van der Waals surface area contributed by atoms with Crippen molar-refractivity contribution < 1.29 is 4.79 Å². The molecular formula is C14H18N4O. The fourth-order valence-corrected chi connectivity index (χ4v) is 1.79. The number of benzene rings is 1. The van der Waals surface area contributed by atoms with Crippen LogP contribution in [0.5, 0.6) is 0 Å². The molecule has 0 spiro atoms. The van der Waals surface area contributed by atoms with E-state index < -0.39 is 0 Å². The van der Waals surface area contributed by atoms with Crippen molar-refractivity contribution >= 4 is 17.3 Å². The molecule has 0 bridgehead atoms. The van der Waals surface area contributed by atoms with E-state index in [1.54, 1.807) is 10.7 Å². The van der Waals surface area contributed by atoms with Crippen molar-refractivity contribution in [3.8, 4) is 0 Å². The summed E-state index contributed by atoms with van der Waals surface area (Å²) in [6.07, 6.45) is 2.25. The Labute approximate surface area is 112 Å². The molecular weight excluding hydrogens is 240 g/mol. The van der Waals surface area contributed by atoms with Crippen LogP contribution in [0.2, 0.25) is 0 Å². The number of carbonyl (C=O) groups excluding carboxylic acids is 1. The van der Waals surface area contributed by atoms with Gasteiger partial charge in [-0.15, -0.1) is 0 Å². The molecule has 1 aromatic carbocycles. The van der Waals surface area contributed by atoms with Crippen LogP contribution in [0.3, 0.4) is 0 Å². The van der Waals surface area contributed by atoms with E-state index in [2.05, 4.69) is 10.4 Å². The van der Waals surface area contributed by atoms with Gasteiger partial charge >= 0.3 is 0 Å². The SMILES string of the molecule is Cc1ccn(CCC(=O)Nc2cc(N)ccc2C)n1. The normalized spacial score (nSPS) is 10.4. The summed E-state index contributed by atoms with van der Waals surface area (Å²) < 4.78 is 1.77. The average molecular weight is 258 g/mol. The Balaban J connectivity index is 1.92. The Hall–Kier alpha value is -2.30. The summed E-state index contributed by atoms with van der Waals surface area (Å²) in [6, 6.07) is 7.39. The lowest BCUT2D eigenvalue weighted by molar-refractivity contribution is -0.116. The molecule has 0 aliphatic rings. The van der Waals surface area contributed by atoms with Crippen molar-refractivity contribution in [1.82, 2.24) is 9.78 Å². The number of nitrogens with two attached hydrogens (primary N) is 1. The lowest BCUT2D eigenvalue weighted by Crippen LogP contribution is -2.15. The van der Waals surface area contributed by atoms with Gasteiger partial charge in [0.05, 0.1) is 5.69 Å². The van der Waals surface area contributed by atoms with Crippen molar-refractivity contribution in [3.05, 3.63) is 41.7 Å². The van der Waals surface area contributed by atoms with Crippen LogP contribution in [0, 0.1) is 13.8 Å². The number of nitrogens with zero attached hydrogens (tertiary/aromatic N) is 2. The maximum atomic E-state index is 11.9. The van der Waals surface area contributed by atoms with Gasteiger partial charge in [0.15, 0.2) is 0 Å².